The van der Waals surface area contributed by atoms with Crippen LogP contribution >= 0.6 is 0 Å². The number of hydrogen-bond acceptors (Lipinski definition) is 4. The van der Waals surface area contributed by atoms with Gasteiger partial charge >= 0.3 is 0 Å². The van der Waals surface area contributed by atoms with Gasteiger partial charge in [0.05, 0.1) is 0 Å². The third-order valence-electron chi connectivity index (χ3n) is 2.30. The summed E-state index contributed by atoms with van der Waals surface area (Å²) in [6.07, 6.45) is 0.701. The lowest BCUT2D eigenvalue weighted by Crippen LogP contribution is -2.33. The highest BCUT2D eigenvalue weighted by Gasteiger charge is 2.11. The van der Waals surface area contributed by atoms with Crippen LogP contribution in [-0.4, -0.2) is 35.9 Å². The van der Waals surface area contributed by atoms with E-state index in [9.17, 15) is 15.0 Å². The van der Waals surface area contributed by atoms with Gasteiger partial charge in [0.1, 0.15) is 11.5 Å². The van der Waals surface area contributed by atoms with Crippen LogP contribution in [0.2, 0.25) is 0 Å². The number of methoxy groups -OCH3 is 1. The Kier molecular flexibility index (Phi) is 4.78. The Morgan fingerprint density at radius 3 is 2.47 bits per heavy atom. The molecular formula is C12H17NO4. The van der Waals surface area contributed by atoms with Gasteiger partial charge in [0.15, 0.2) is 0 Å². The number of hydrogen-bond donors (Lipinski definition) is 3. The Bertz CT molecular complexity index is 372. The third-order valence-corrected chi connectivity index (χ3v) is 2.30. The summed E-state index contributed by atoms with van der Waals surface area (Å²) in [5, 5.41) is 21.3. The molecule has 0 aliphatic rings. The van der Waals surface area contributed by atoms with Gasteiger partial charge in [0.2, 0.25) is 0 Å². The Morgan fingerprint density at radius 2 is 1.94 bits per heavy atom. The first-order chi connectivity index (χ1) is 8.02. The quantitative estimate of drug-likeness (QED) is 0.722. The molecule has 1 rings (SSSR count). The fourth-order valence-electron chi connectivity index (χ4n) is 1.40. The number of rotatable bonds is 5. The van der Waals surface area contributed by atoms with Crippen molar-refractivity contribution in [3.8, 4) is 11.5 Å². The van der Waals surface area contributed by atoms with Gasteiger partial charge in [-0.05, 0) is 25.5 Å². The van der Waals surface area contributed by atoms with Gasteiger partial charge in [-0.3, -0.25) is 4.79 Å². The van der Waals surface area contributed by atoms with Crippen molar-refractivity contribution >= 4 is 5.91 Å². The number of carbonyl (C=O) groups is 1. The molecule has 94 valence electrons. The van der Waals surface area contributed by atoms with Crippen molar-refractivity contribution in [3.05, 3.63) is 23.8 Å². The predicted octanol–water partition coefficient (Wildman–Crippen LogP) is 1.25. The molecule has 0 aliphatic carbocycles. The number of ether oxygens (including phenoxy) is 1. The van der Waals surface area contributed by atoms with Gasteiger partial charge in [-0.1, -0.05) is 0 Å². The normalized spacial score (nSPS) is 12.1. The summed E-state index contributed by atoms with van der Waals surface area (Å²) in [7, 11) is 1.60. The monoisotopic (exact) mass is 239 g/mol. The van der Waals surface area contributed by atoms with Crippen LogP contribution in [0.3, 0.4) is 0 Å². The minimum Gasteiger partial charge on any atom is -0.508 e. The van der Waals surface area contributed by atoms with E-state index >= 15 is 0 Å². The van der Waals surface area contributed by atoms with E-state index < -0.39 is 0 Å². The summed E-state index contributed by atoms with van der Waals surface area (Å²) < 4.78 is 4.91. The van der Waals surface area contributed by atoms with Gasteiger partial charge in [-0.25, -0.2) is 0 Å². The van der Waals surface area contributed by atoms with Gasteiger partial charge < -0.3 is 20.3 Å². The van der Waals surface area contributed by atoms with Crippen molar-refractivity contribution in [3.63, 3.8) is 0 Å². The molecule has 5 heteroatoms. The minimum atomic E-state index is -0.334. The second-order valence-electron chi connectivity index (χ2n) is 3.89. The highest BCUT2D eigenvalue weighted by Crippen LogP contribution is 2.20. The molecule has 3 N–H and O–H groups in total. The second kappa shape index (κ2) is 6.10. The molecule has 1 aromatic rings. The third kappa shape index (κ3) is 4.32. The molecule has 0 heterocycles. The van der Waals surface area contributed by atoms with Crippen LogP contribution < -0.4 is 5.32 Å². The summed E-state index contributed by atoms with van der Waals surface area (Å²) in [5.74, 6) is -0.612. The number of carbonyl (C=O) groups excluding carboxylic acids is 1. The second-order valence-corrected chi connectivity index (χ2v) is 3.89. The largest absolute Gasteiger partial charge is 0.508 e. The summed E-state index contributed by atoms with van der Waals surface area (Å²) in [6.45, 7) is 2.42. The molecule has 0 saturated heterocycles. The maximum atomic E-state index is 11.7. The average Bonchev–Trinajstić information content (AvgIpc) is 2.25. The van der Waals surface area contributed by atoms with E-state index in [1.54, 1.807) is 7.11 Å². The molecule has 17 heavy (non-hydrogen) atoms. The number of phenolic OH excluding ortho intramolecular Hbond substituents is 2. The van der Waals surface area contributed by atoms with Crippen molar-refractivity contribution in [2.45, 2.75) is 19.4 Å². The predicted molar refractivity (Wildman–Crippen MR) is 63.2 cm³/mol. The molecule has 1 atom stereocenters. The van der Waals surface area contributed by atoms with Crippen LogP contribution in [0.1, 0.15) is 23.7 Å². The minimum absolute atomic E-state index is 0.0352. The zero-order valence-electron chi connectivity index (χ0n) is 9.93. The first kappa shape index (κ1) is 13.3. The van der Waals surface area contributed by atoms with Gasteiger partial charge in [-0.2, -0.15) is 0 Å². The van der Waals surface area contributed by atoms with Crippen LogP contribution in [0.5, 0.6) is 11.5 Å². The van der Waals surface area contributed by atoms with E-state index in [1.807, 2.05) is 6.92 Å². The molecule has 0 spiro atoms. The number of nitrogens with one attached hydrogen (secondary N) is 1. The topological polar surface area (TPSA) is 78.8 Å². The number of phenols is 2. The molecule has 0 radical (unpaired) electrons. The number of amides is 1. The fraction of sp³-hybridized carbons (Fsp3) is 0.417. The number of benzene rings is 1. The van der Waals surface area contributed by atoms with Crippen LogP contribution in [-0.2, 0) is 4.74 Å². The standard InChI is InChI=1S/C12H17NO4/c1-8(3-4-17-2)13-12(16)9-5-10(14)7-11(15)6-9/h5-8,14-15H,3-4H2,1-2H3,(H,13,16). The van der Waals surface area contributed by atoms with Gasteiger partial charge in [0, 0.05) is 31.4 Å². The molecule has 0 bridgehead atoms. The van der Waals surface area contributed by atoms with Crippen LogP contribution in [0.15, 0.2) is 18.2 Å². The van der Waals surface area contributed by atoms with Crippen molar-refractivity contribution in [2.75, 3.05) is 13.7 Å². The van der Waals surface area contributed by atoms with Crippen molar-refractivity contribution in [1.29, 1.82) is 0 Å². The Hall–Kier alpha value is -1.75. The zero-order valence-corrected chi connectivity index (χ0v) is 9.93. The molecule has 0 aliphatic heterocycles. The Labute approximate surface area is 100 Å². The Balaban J connectivity index is 2.63. The highest BCUT2D eigenvalue weighted by atomic mass is 16.5. The van der Waals surface area contributed by atoms with E-state index in [-0.39, 0.29) is 29.0 Å². The molecule has 5 nitrogen and oxygen atoms in total. The molecule has 1 aromatic carbocycles. The maximum absolute atomic E-state index is 11.7. The summed E-state index contributed by atoms with van der Waals surface area (Å²) in [6, 6.07) is 3.74. The lowest BCUT2D eigenvalue weighted by molar-refractivity contribution is 0.0928. The summed E-state index contributed by atoms with van der Waals surface area (Å²) in [5.41, 5.74) is 0.228. The fourth-order valence-corrected chi connectivity index (χ4v) is 1.40. The lowest BCUT2D eigenvalue weighted by atomic mass is 10.1. The first-order valence-corrected chi connectivity index (χ1v) is 5.35. The molecule has 1 amide bonds. The Morgan fingerprint density at radius 1 is 1.35 bits per heavy atom. The van der Waals surface area contributed by atoms with Crippen molar-refractivity contribution < 1.29 is 19.7 Å². The van der Waals surface area contributed by atoms with E-state index in [1.165, 1.54) is 18.2 Å². The zero-order chi connectivity index (χ0) is 12.8. The lowest BCUT2D eigenvalue weighted by Gasteiger charge is -2.13. The van der Waals surface area contributed by atoms with E-state index in [0.29, 0.717) is 13.0 Å². The molecule has 0 fully saturated rings. The van der Waals surface area contributed by atoms with E-state index in [2.05, 4.69) is 5.32 Å². The van der Waals surface area contributed by atoms with Crippen LogP contribution in [0.25, 0.3) is 0 Å². The molecule has 0 aromatic heterocycles. The highest BCUT2D eigenvalue weighted by molar-refractivity contribution is 5.95. The number of aromatic hydroxyl groups is 2. The van der Waals surface area contributed by atoms with E-state index in [0.717, 1.165) is 0 Å². The first-order valence-electron chi connectivity index (χ1n) is 5.35. The summed E-state index contributed by atoms with van der Waals surface area (Å²) in [4.78, 5) is 11.7. The molecular weight excluding hydrogens is 222 g/mol. The van der Waals surface area contributed by atoms with Crippen molar-refractivity contribution in [2.24, 2.45) is 0 Å². The summed E-state index contributed by atoms with van der Waals surface area (Å²) >= 11 is 0. The SMILES string of the molecule is COCCC(C)NC(=O)c1cc(O)cc(O)c1. The van der Waals surface area contributed by atoms with Crippen LogP contribution in [0.4, 0.5) is 0 Å². The smallest absolute Gasteiger partial charge is 0.251 e. The molecule has 0 saturated carbocycles. The van der Waals surface area contributed by atoms with Crippen molar-refractivity contribution in [1.82, 2.24) is 5.32 Å². The average molecular weight is 239 g/mol. The molecule has 1 unspecified atom stereocenters. The maximum Gasteiger partial charge on any atom is 0.251 e. The van der Waals surface area contributed by atoms with Gasteiger partial charge in [0.25, 0.3) is 5.91 Å². The van der Waals surface area contributed by atoms with Gasteiger partial charge in [-0.15, -0.1) is 0 Å². The van der Waals surface area contributed by atoms with Crippen LogP contribution in [0, 0.1) is 0 Å². The van der Waals surface area contributed by atoms with E-state index in [4.69, 9.17) is 4.74 Å².